The van der Waals surface area contributed by atoms with Gasteiger partial charge in [-0.05, 0) is 57.8 Å². The van der Waals surface area contributed by atoms with Gasteiger partial charge in [0.2, 0.25) is 0 Å². The lowest BCUT2D eigenvalue weighted by atomic mass is 9.99. The van der Waals surface area contributed by atoms with Crippen LogP contribution in [-0.4, -0.2) is 48.6 Å². The number of hydrogen-bond acceptors (Lipinski definition) is 2. The van der Waals surface area contributed by atoms with Crippen molar-refractivity contribution in [3.8, 4) is 0 Å². The van der Waals surface area contributed by atoms with Crippen LogP contribution in [0.25, 0.3) is 0 Å². The molecule has 0 N–H and O–H groups in total. The summed E-state index contributed by atoms with van der Waals surface area (Å²) >= 11 is 0. The number of nitrogens with zero attached hydrogens (tertiary/aromatic N) is 2. The van der Waals surface area contributed by atoms with Crippen molar-refractivity contribution in [3.05, 3.63) is 0 Å². The van der Waals surface area contributed by atoms with Crippen LogP contribution in [0.15, 0.2) is 0 Å². The summed E-state index contributed by atoms with van der Waals surface area (Å²) in [5, 5.41) is 0. The fraction of sp³-hybridized carbons (Fsp3) is 1.00. The summed E-state index contributed by atoms with van der Waals surface area (Å²) in [5.41, 5.74) is 0. The van der Waals surface area contributed by atoms with Crippen molar-refractivity contribution < 1.29 is 0 Å². The largest absolute Gasteiger partial charge is 0.303 e. The predicted octanol–water partition coefficient (Wildman–Crippen LogP) is 2.59. The van der Waals surface area contributed by atoms with Crippen molar-refractivity contribution >= 4 is 0 Å². The van der Waals surface area contributed by atoms with Crippen molar-refractivity contribution in [2.24, 2.45) is 5.92 Å². The third-order valence-electron chi connectivity index (χ3n) is 4.09. The summed E-state index contributed by atoms with van der Waals surface area (Å²) in [4.78, 5) is 5.42. The summed E-state index contributed by atoms with van der Waals surface area (Å²) < 4.78 is 0. The van der Waals surface area contributed by atoms with Crippen LogP contribution in [0, 0.1) is 5.92 Å². The van der Waals surface area contributed by atoms with E-state index in [1.54, 1.807) is 0 Å². The zero-order chi connectivity index (χ0) is 11.4. The van der Waals surface area contributed by atoms with E-state index in [0.29, 0.717) is 0 Å². The maximum Gasteiger partial charge on any atom is 0.0120 e. The molecule has 2 aliphatic rings. The molecule has 2 rings (SSSR count). The van der Waals surface area contributed by atoms with Gasteiger partial charge < -0.3 is 9.80 Å². The number of hydrogen-bond donors (Lipinski definition) is 0. The summed E-state index contributed by atoms with van der Waals surface area (Å²) in [6.45, 7) is 11.4. The third-order valence-corrected chi connectivity index (χ3v) is 4.09. The fourth-order valence-corrected chi connectivity index (χ4v) is 3.27. The Hall–Kier alpha value is -0.0800. The molecular weight excluding hydrogens is 196 g/mol. The van der Waals surface area contributed by atoms with Gasteiger partial charge in [-0.2, -0.15) is 0 Å². The highest BCUT2D eigenvalue weighted by Crippen LogP contribution is 2.21. The van der Waals surface area contributed by atoms with Crippen LogP contribution >= 0.6 is 0 Å². The molecule has 0 spiro atoms. The van der Waals surface area contributed by atoms with Gasteiger partial charge in [0, 0.05) is 12.6 Å². The van der Waals surface area contributed by atoms with Gasteiger partial charge >= 0.3 is 0 Å². The van der Waals surface area contributed by atoms with Gasteiger partial charge in [0.25, 0.3) is 0 Å². The molecule has 0 aromatic carbocycles. The Labute approximate surface area is 101 Å². The maximum absolute atomic E-state index is 2.76. The highest BCUT2D eigenvalue weighted by molar-refractivity contribution is 4.81. The topological polar surface area (TPSA) is 6.48 Å². The third kappa shape index (κ3) is 3.46. The maximum atomic E-state index is 2.76. The molecule has 0 amide bonds. The Morgan fingerprint density at radius 3 is 2.12 bits per heavy atom. The minimum absolute atomic E-state index is 0.825. The first-order valence-electron chi connectivity index (χ1n) is 7.22. The van der Waals surface area contributed by atoms with E-state index in [0.717, 1.165) is 12.0 Å². The number of piperidine rings is 2. The lowest BCUT2D eigenvalue weighted by Gasteiger charge is -2.40. The molecule has 16 heavy (non-hydrogen) atoms. The molecule has 0 aliphatic carbocycles. The highest BCUT2D eigenvalue weighted by atomic mass is 15.2. The van der Waals surface area contributed by atoms with Gasteiger partial charge in [-0.15, -0.1) is 0 Å². The fourth-order valence-electron chi connectivity index (χ4n) is 3.27. The zero-order valence-electron chi connectivity index (χ0n) is 11.1. The number of likely N-dealkylation sites (tertiary alicyclic amines) is 2. The van der Waals surface area contributed by atoms with Crippen LogP contribution in [0.2, 0.25) is 0 Å². The van der Waals surface area contributed by atoms with Gasteiger partial charge in [0.1, 0.15) is 0 Å². The van der Waals surface area contributed by atoms with Crippen LogP contribution in [0.3, 0.4) is 0 Å². The Kier molecular flexibility index (Phi) is 4.66. The lowest BCUT2D eigenvalue weighted by molar-refractivity contribution is 0.0876. The minimum Gasteiger partial charge on any atom is -0.303 e. The molecule has 2 saturated heterocycles. The summed E-state index contributed by atoms with van der Waals surface area (Å²) in [6, 6.07) is 0.906. The van der Waals surface area contributed by atoms with E-state index in [-0.39, 0.29) is 0 Å². The monoisotopic (exact) mass is 224 g/mol. The average Bonchev–Trinajstić information content (AvgIpc) is 2.30. The van der Waals surface area contributed by atoms with Crippen molar-refractivity contribution in [3.63, 3.8) is 0 Å². The van der Waals surface area contributed by atoms with E-state index < -0.39 is 0 Å². The summed E-state index contributed by atoms with van der Waals surface area (Å²) in [6.07, 6.45) is 7.15. The van der Waals surface area contributed by atoms with Gasteiger partial charge in [0.15, 0.2) is 0 Å². The molecule has 0 atom stereocenters. The second-order valence-electron chi connectivity index (χ2n) is 6.02. The Morgan fingerprint density at radius 2 is 1.56 bits per heavy atom. The van der Waals surface area contributed by atoms with Crippen molar-refractivity contribution in [1.82, 2.24) is 9.80 Å². The molecule has 2 heterocycles. The first-order chi connectivity index (χ1) is 7.75. The molecule has 2 fully saturated rings. The van der Waals surface area contributed by atoms with Crippen LogP contribution in [0.5, 0.6) is 0 Å². The van der Waals surface area contributed by atoms with E-state index in [9.17, 15) is 0 Å². The van der Waals surface area contributed by atoms with Crippen LogP contribution in [0.4, 0.5) is 0 Å². The van der Waals surface area contributed by atoms with Crippen LogP contribution in [0.1, 0.15) is 46.0 Å². The average molecular weight is 224 g/mol. The molecule has 0 radical (unpaired) electrons. The van der Waals surface area contributed by atoms with E-state index in [1.165, 1.54) is 64.8 Å². The van der Waals surface area contributed by atoms with Gasteiger partial charge in [-0.1, -0.05) is 20.3 Å². The minimum atomic E-state index is 0.825. The predicted molar refractivity (Wildman–Crippen MR) is 69.7 cm³/mol. The van der Waals surface area contributed by atoms with Gasteiger partial charge in [-0.25, -0.2) is 0 Å². The Balaban J connectivity index is 1.71. The second kappa shape index (κ2) is 6.02. The zero-order valence-corrected chi connectivity index (χ0v) is 11.1. The smallest absolute Gasteiger partial charge is 0.0120 e. The van der Waals surface area contributed by atoms with Gasteiger partial charge in [0.05, 0.1) is 0 Å². The van der Waals surface area contributed by atoms with E-state index >= 15 is 0 Å². The van der Waals surface area contributed by atoms with Gasteiger partial charge in [-0.3, -0.25) is 0 Å². The molecule has 0 aromatic heterocycles. The molecule has 0 saturated carbocycles. The van der Waals surface area contributed by atoms with E-state index in [4.69, 9.17) is 0 Å². The SMILES string of the molecule is CC(C)CN1CCC(N2CCCCC2)CC1. The lowest BCUT2D eigenvalue weighted by Crippen LogP contribution is -2.47. The second-order valence-corrected chi connectivity index (χ2v) is 6.02. The molecule has 0 aromatic rings. The first-order valence-corrected chi connectivity index (χ1v) is 7.22. The normalized spacial score (nSPS) is 26.4. The molecule has 0 unspecified atom stereocenters. The Bertz CT molecular complexity index is 189. The molecule has 0 bridgehead atoms. The summed E-state index contributed by atoms with van der Waals surface area (Å²) in [5.74, 6) is 0.825. The van der Waals surface area contributed by atoms with Crippen molar-refractivity contribution in [2.45, 2.75) is 52.0 Å². The Morgan fingerprint density at radius 1 is 0.938 bits per heavy atom. The molecular formula is C14H28N2. The standard InChI is InChI=1S/C14H28N2/c1-13(2)12-15-10-6-14(7-11-15)16-8-4-3-5-9-16/h13-14H,3-12H2,1-2H3. The van der Waals surface area contributed by atoms with Crippen LogP contribution in [-0.2, 0) is 0 Å². The quantitative estimate of drug-likeness (QED) is 0.727. The molecule has 2 heteroatoms. The molecule has 94 valence electrons. The van der Waals surface area contributed by atoms with Crippen molar-refractivity contribution in [1.29, 1.82) is 0 Å². The summed E-state index contributed by atoms with van der Waals surface area (Å²) in [7, 11) is 0. The van der Waals surface area contributed by atoms with Crippen LogP contribution < -0.4 is 0 Å². The van der Waals surface area contributed by atoms with Crippen molar-refractivity contribution in [2.75, 3.05) is 32.7 Å². The van der Waals surface area contributed by atoms with E-state index in [2.05, 4.69) is 23.6 Å². The molecule has 2 aliphatic heterocycles. The highest BCUT2D eigenvalue weighted by Gasteiger charge is 2.25. The first kappa shape index (κ1) is 12.4. The molecule has 2 nitrogen and oxygen atoms in total. The number of rotatable bonds is 3. The van der Waals surface area contributed by atoms with E-state index in [1.807, 2.05) is 0 Å².